The summed E-state index contributed by atoms with van der Waals surface area (Å²) in [6, 6.07) is 7.93. The average molecular weight is 243 g/mol. The molecular weight excluding hydrogens is 226 g/mol. The molecule has 0 saturated carbocycles. The molecule has 2 heterocycles. The highest BCUT2D eigenvalue weighted by molar-refractivity contribution is 5.55. The Morgan fingerprint density at radius 1 is 1.28 bits per heavy atom. The molecule has 0 spiro atoms. The summed E-state index contributed by atoms with van der Waals surface area (Å²) >= 11 is 0. The Bertz CT molecular complexity index is 500. The largest absolute Gasteiger partial charge is 0.493 e. The normalized spacial score (nSPS) is 10.1. The molecular formula is C14H17N3O. The van der Waals surface area contributed by atoms with Gasteiger partial charge in [0.25, 0.3) is 0 Å². The summed E-state index contributed by atoms with van der Waals surface area (Å²) in [6.07, 6.45) is 4.43. The van der Waals surface area contributed by atoms with Gasteiger partial charge in [0.2, 0.25) is 0 Å². The van der Waals surface area contributed by atoms with Crippen LogP contribution in [0.5, 0.6) is 5.75 Å². The molecule has 94 valence electrons. The quantitative estimate of drug-likeness (QED) is 0.876. The zero-order chi connectivity index (χ0) is 12.8. The number of nitrogens with zero attached hydrogens (tertiary/aromatic N) is 2. The lowest BCUT2D eigenvalue weighted by Crippen LogP contribution is -2.07. The first-order valence-electron chi connectivity index (χ1n) is 5.94. The van der Waals surface area contributed by atoms with Crippen LogP contribution in [0, 0.1) is 6.92 Å². The van der Waals surface area contributed by atoms with Crippen LogP contribution in [0.4, 0.5) is 5.69 Å². The van der Waals surface area contributed by atoms with Crippen molar-refractivity contribution in [3.05, 3.63) is 48.0 Å². The molecule has 2 rings (SSSR count). The van der Waals surface area contributed by atoms with Crippen LogP contribution in [0.15, 0.2) is 36.7 Å². The summed E-state index contributed by atoms with van der Waals surface area (Å²) < 4.78 is 5.26. The summed E-state index contributed by atoms with van der Waals surface area (Å²) in [5.74, 6) is 0.765. The zero-order valence-corrected chi connectivity index (χ0v) is 10.7. The van der Waals surface area contributed by atoms with E-state index in [0.29, 0.717) is 0 Å². The lowest BCUT2D eigenvalue weighted by atomic mass is 10.2. The molecule has 4 nitrogen and oxygen atoms in total. The summed E-state index contributed by atoms with van der Waals surface area (Å²) in [4.78, 5) is 8.49. The van der Waals surface area contributed by atoms with Gasteiger partial charge in [-0.2, -0.15) is 0 Å². The number of ether oxygens (including phenoxy) is 1. The molecule has 0 amide bonds. The van der Waals surface area contributed by atoms with E-state index in [1.165, 1.54) is 0 Å². The van der Waals surface area contributed by atoms with Crippen LogP contribution in [0.1, 0.15) is 11.4 Å². The second-order valence-corrected chi connectivity index (χ2v) is 4.02. The van der Waals surface area contributed by atoms with Gasteiger partial charge in [-0.05, 0) is 25.1 Å². The lowest BCUT2D eigenvalue weighted by Gasteiger charge is -2.11. The second-order valence-electron chi connectivity index (χ2n) is 4.02. The van der Waals surface area contributed by atoms with Crippen molar-refractivity contribution in [1.29, 1.82) is 0 Å². The summed E-state index contributed by atoms with van der Waals surface area (Å²) in [5.41, 5.74) is 3.02. The molecule has 0 saturated heterocycles. The van der Waals surface area contributed by atoms with Gasteiger partial charge in [-0.15, -0.1) is 0 Å². The Labute approximate surface area is 107 Å². The maximum Gasteiger partial charge on any atom is 0.160 e. The van der Waals surface area contributed by atoms with E-state index in [9.17, 15) is 0 Å². The Hall–Kier alpha value is -2.10. The average Bonchev–Trinajstić information content (AvgIpc) is 2.40. The van der Waals surface area contributed by atoms with Crippen LogP contribution >= 0.6 is 0 Å². The third-order valence-corrected chi connectivity index (χ3v) is 2.65. The predicted molar refractivity (Wildman–Crippen MR) is 72.0 cm³/mol. The van der Waals surface area contributed by atoms with Gasteiger partial charge in [0.1, 0.15) is 0 Å². The van der Waals surface area contributed by atoms with Crippen LogP contribution in [0.2, 0.25) is 0 Å². The first kappa shape index (κ1) is 12.4. The second kappa shape index (κ2) is 6.00. The molecule has 0 bridgehead atoms. The van der Waals surface area contributed by atoms with Crippen molar-refractivity contribution in [2.75, 3.05) is 19.0 Å². The van der Waals surface area contributed by atoms with Crippen molar-refractivity contribution < 1.29 is 4.74 Å². The maximum atomic E-state index is 5.26. The van der Waals surface area contributed by atoms with Gasteiger partial charge in [-0.25, -0.2) is 0 Å². The molecule has 0 atom stereocenters. The number of methoxy groups -OCH3 is 1. The van der Waals surface area contributed by atoms with Gasteiger partial charge in [0.15, 0.2) is 5.75 Å². The van der Waals surface area contributed by atoms with Crippen LogP contribution in [0.3, 0.4) is 0 Å². The number of anilines is 1. The third kappa shape index (κ3) is 3.20. The highest BCUT2D eigenvalue weighted by Crippen LogP contribution is 2.23. The molecule has 0 aliphatic heterocycles. The van der Waals surface area contributed by atoms with Gasteiger partial charge in [-0.3, -0.25) is 9.97 Å². The van der Waals surface area contributed by atoms with Crippen molar-refractivity contribution in [2.45, 2.75) is 13.3 Å². The van der Waals surface area contributed by atoms with Gasteiger partial charge in [0, 0.05) is 30.6 Å². The minimum Gasteiger partial charge on any atom is -0.493 e. The van der Waals surface area contributed by atoms with E-state index in [2.05, 4.69) is 15.3 Å². The monoisotopic (exact) mass is 243 g/mol. The highest BCUT2D eigenvalue weighted by atomic mass is 16.5. The lowest BCUT2D eigenvalue weighted by molar-refractivity contribution is 0.414. The number of hydrogen-bond donors (Lipinski definition) is 1. The molecule has 4 heteroatoms. The van der Waals surface area contributed by atoms with Crippen LogP contribution in [0.25, 0.3) is 0 Å². The topological polar surface area (TPSA) is 47.0 Å². The first-order valence-corrected chi connectivity index (χ1v) is 5.94. The summed E-state index contributed by atoms with van der Waals surface area (Å²) in [5, 5.41) is 3.35. The minimum absolute atomic E-state index is 0.765. The van der Waals surface area contributed by atoms with Gasteiger partial charge >= 0.3 is 0 Å². The first-order chi connectivity index (χ1) is 8.79. The number of nitrogens with one attached hydrogen (secondary N) is 1. The van der Waals surface area contributed by atoms with Gasteiger partial charge in [0.05, 0.1) is 19.0 Å². The Kier molecular flexibility index (Phi) is 4.12. The fourth-order valence-corrected chi connectivity index (χ4v) is 1.72. The van der Waals surface area contributed by atoms with Crippen molar-refractivity contribution in [3.8, 4) is 5.75 Å². The SMILES string of the molecule is COc1cnc(C)cc1NCCc1ccccn1. The molecule has 18 heavy (non-hydrogen) atoms. The Balaban J connectivity index is 1.96. The predicted octanol–water partition coefficient (Wildman–Crippen LogP) is 2.45. The fraction of sp³-hybridized carbons (Fsp3) is 0.286. The molecule has 0 radical (unpaired) electrons. The molecule has 2 aromatic rings. The Morgan fingerprint density at radius 3 is 2.89 bits per heavy atom. The van der Waals surface area contributed by atoms with E-state index >= 15 is 0 Å². The number of rotatable bonds is 5. The molecule has 0 fully saturated rings. The van der Waals surface area contributed by atoms with Crippen LogP contribution in [-0.2, 0) is 6.42 Å². The number of hydrogen-bond acceptors (Lipinski definition) is 4. The van der Waals surface area contributed by atoms with Crippen LogP contribution < -0.4 is 10.1 Å². The van der Waals surface area contributed by atoms with E-state index in [-0.39, 0.29) is 0 Å². The van der Waals surface area contributed by atoms with E-state index < -0.39 is 0 Å². The van der Waals surface area contributed by atoms with E-state index in [1.807, 2.05) is 37.4 Å². The standard InChI is InChI=1S/C14H17N3O/c1-11-9-13(14(18-2)10-17-11)16-8-6-12-5-3-4-7-15-12/h3-5,7,9-10H,6,8H2,1-2H3,(H,16,17). The van der Waals surface area contributed by atoms with E-state index in [0.717, 1.165) is 35.8 Å². The zero-order valence-electron chi connectivity index (χ0n) is 10.7. The van der Waals surface area contributed by atoms with Crippen LogP contribution in [-0.4, -0.2) is 23.6 Å². The van der Waals surface area contributed by atoms with Crippen molar-refractivity contribution in [3.63, 3.8) is 0 Å². The number of pyridine rings is 2. The van der Waals surface area contributed by atoms with Gasteiger partial charge in [-0.1, -0.05) is 6.07 Å². The molecule has 1 N–H and O–H groups in total. The fourth-order valence-electron chi connectivity index (χ4n) is 1.72. The molecule has 2 aromatic heterocycles. The maximum absolute atomic E-state index is 5.26. The smallest absolute Gasteiger partial charge is 0.160 e. The van der Waals surface area contributed by atoms with Crippen molar-refractivity contribution in [1.82, 2.24) is 9.97 Å². The van der Waals surface area contributed by atoms with Gasteiger partial charge < -0.3 is 10.1 Å². The number of aryl methyl sites for hydroxylation is 1. The van der Waals surface area contributed by atoms with Crippen molar-refractivity contribution >= 4 is 5.69 Å². The van der Waals surface area contributed by atoms with E-state index in [1.54, 1.807) is 13.3 Å². The highest BCUT2D eigenvalue weighted by Gasteiger charge is 2.03. The molecule has 0 aromatic carbocycles. The minimum atomic E-state index is 0.765. The number of aromatic nitrogens is 2. The van der Waals surface area contributed by atoms with E-state index in [4.69, 9.17) is 4.74 Å². The summed E-state index contributed by atoms with van der Waals surface area (Å²) in [6.45, 7) is 2.78. The molecule has 0 aliphatic rings. The molecule has 0 unspecified atom stereocenters. The van der Waals surface area contributed by atoms with Crippen molar-refractivity contribution in [2.24, 2.45) is 0 Å². The Morgan fingerprint density at radius 2 is 2.17 bits per heavy atom. The molecule has 0 aliphatic carbocycles. The third-order valence-electron chi connectivity index (χ3n) is 2.65. The summed E-state index contributed by atoms with van der Waals surface area (Å²) in [7, 11) is 1.65.